The summed E-state index contributed by atoms with van der Waals surface area (Å²) in [4.78, 5) is 103. The number of halogens is 1. The van der Waals surface area contributed by atoms with Gasteiger partial charge in [-0.3, -0.25) is 33.7 Å². The number of benzene rings is 3. The molecule has 1 fully saturated rings. The van der Waals surface area contributed by atoms with E-state index in [1.165, 1.54) is 23.5 Å². The predicted octanol–water partition coefficient (Wildman–Crippen LogP) is 6.33. The van der Waals surface area contributed by atoms with Crippen LogP contribution >= 0.6 is 22.9 Å². The van der Waals surface area contributed by atoms with E-state index in [9.17, 15) is 33.6 Å². The third kappa shape index (κ3) is 13.5. The molecule has 406 valence electrons. The Balaban J connectivity index is 0.686. The number of amides is 5. The van der Waals surface area contributed by atoms with Crippen molar-refractivity contribution in [3.8, 4) is 5.75 Å². The van der Waals surface area contributed by atoms with Crippen molar-refractivity contribution >= 4 is 102 Å². The molecule has 1 saturated heterocycles. The highest BCUT2D eigenvalue weighted by Crippen LogP contribution is 2.49. The number of nitrogens with one attached hydrogen (secondary N) is 3. The van der Waals surface area contributed by atoms with Gasteiger partial charge in [0.15, 0.2) is 11.5 Å². The monoisotopic (exact) mass is 1090 g/mol. The van der Waals surface area contributed by atoms with Crippen LogP contribution in [0.15, 0.2) is 72.1 Å². The second kappa shape index (κ2) is 25.6. The van der Waals surface area contributed by atoms with E-state index in [0.29, 0.717) is 101 Å². The van der Waals surface area contributed by atoms with Gasteiger partial charge in [0.25, 0.3) is 17.7 Å². The van der Waals surface area contributed by atoms with Crippen LogP contribution in [0.3, 0.4) is 0 Å². The average Bonchev–Trinajstić information content (AvgIpc) is 4.32. The largest absolute Gasteiger partial charge is 0.415 e. The molecular formula is C56H62ClN7O12S. The van der Waals surface area contributed by atoms with Gasteiger partial charge < -0.3 is 53.7 Å². The minimum absolute atomic E-state index is 0.0253. The molecule has 0 saturated carbocycles. The van der Waals surface area contributed by atoms with Crippen LogP contribution in [0.5, 0.6) is 5.75 Å². The maximum absolute atomic E-state index is 14.4. The molecule has 0 unspecified atom stereocenters. The molecule has 0 bridgehead atoms. The van der Waals surface area contributed by atoms with Crippen molar-refractivity contribution in [2.45, 2.75) is 38.5 Å². The van der Waals surface area contributed by atoms with E-state index < -0.39 is 17.9 Å². The lowest BCUT2D eigenvalue weighted by Crippen LogP contribution is -2.48. The third-order valence-corrected chi connectivity index (χ3v) is 15.3. The van der Waals surface area contributed by atoms with Crippen molar-refractivity contribution in [2.24, 2.45) is 0 Å². The summed E-state index contributed by atoms with van der Waals surface area (Å²) in [6, 6.07) is 16.8. The number of H-pyrrole nitrogens is 2. The van der Waals surface area contributed by atoms with Gasteiger partial charge in [-0.25, -0.2) is 4.79 Å². The summed E-state index contributed by atoms with van der Waals surface area (Å²) in [5, 5.41) is 7.31. The SMILES string of the molecule is Cc1csc2c(OC(=O)N3CCN(C)CC3)cc3c(c12)[C@@H](CCl)CN3C(=O)c1cc2cc(CC(=O)c3cc4cc(CC(=O)CCOCCOCCOCCOCCNC(=O)CCN5C(=O)C=CC5=O)ccc4[nH]3)ccc2[nH]1. The first-order valence-corrected chi connectivity index (χ1v) is 27.2. The number of carbonyl (C=O) groups excluding carboxylic acids is 7. The summed E-state index contributed by atoms with van der Waals surface area (Å²) < 4.78 is 29.0. The zero-order valence-electron chi connectivity index (χ0n) is 43.1. The highest BCUT2D eigenvalue weighted by molar-refractivity contribution is 7.17. The number of fused-ring (bicyclic) bond motifs is 5. The number of imide groups is 1. The molecule has 0 spiro atoms. The Morgan fingerprint density at radius 2 is 1.35 bits per heavy atom. The van der Waals surface area contributed by atoms with Gasteiger partial charge in [0.2, 0.25) is 5.91 Å². The van der Waals surface area contributed by atoms with Gasteiger partial charge >= 0.3 is 6.09 Å². The predicted molar refractivity (Wildman–Crippen MR) is 292 cm³/mol. The molecular weight excluding hydrogens is 1030 g/mol. The van der Waals surface area contributed by atoms with E-state index in [1.807, 2.05) is 67.9 Å². The number of piperazine rings is 1. The summed E-state index contributed by atoms with van der Waals surface area (Å²) in [6.45, 7) is 8.07. The van der Waals surface area contributed by atoms with Crippen molar-refractivity contribution in [1.82, 2.24) is 30.0 Å². The average molecular weight is 1090 g/mol. The minimum Gasteiger partial charge on any atom is -0.409 e. The number of ketones is 2. The minimum atomic E-state index is -0.415. The molecule has 21 heteroatoms. The lowest BCUT2D eigenvalue weighted by molar-refractivity contribution is -0.137. The second-order valence-electron chi connectivity index (χ2n) is 19.3. The maximum Gasteiger partial charge on any atom is 0.415 e. The number of thiophene rings is 1. The number of hydrogen-bond donors (Lipinski definition) is 3. The number of Topliss-reactive ketones (excluding diaryl/α,β-unsaturated/α-hetero) is 2. The topological polar surface area (TPSA) is 222 Å². The number of likely N-dealkylation sites (N-methyl/N-ethyl adjacent to an activating group) is 1. The van der Waals surface area contributed by atoms with E-state index in [4.69, 9.17) is 35.3 Å². The number of hydrogen-bond acceptors (Lipinski definition) is 14. The van der Waals surface area contributed by atoms with Gasteiger partial charge in [-0.2, -0.15) is 0 Å². The molecule has 1 atom stereocenters. The lowest BCUT2D eigenvalue weighted by atomic mass is 9.97. The van der Waals surface area contributed by atoms with Gasteiger partial charge in [0.05, 0.1) is 68.9 Å². The van der Waals surface area contributed by atoms with Gasteiger partial charge in [-0.1, -0.05) is 12.1 Å². The van der Waals surface area contributed by atoms with Crippen LogP contribution in [0.4, 0.5) is 10.5 Å². The fourth-order valence-corrected chi connectivity index (χ4v) is 11.0. The number of nitrogens with zero attached hydrogens (tertiary/aromatic N) is 4. The van der Waals surface area contributed by atoms with Crippen LogP contribution in [-0.2, 0) is 51.0 Å². The van der Waals surface area contributed by atoms with Crippen LogP contribution in [0.1, 0.15) is 62.0 Å². The van der Waals surface area contributed by atoms with Crippen LogP contribution < -0.4 is 15.0 Å². The molecule has 5 amide bonds. The van der Waals surface area contributed by atoms with Gasteiger partial charge in [0.1, 0.15) is 11.5 Å². The number of rotatable bonds is 26. The summed E-state index contributed by atoms with van der Waals surface area (Å²) >= 11 is 8.10. The fraction of sp³-hybridized carbons (Fsp3) is 0.411. The first-order valence-electron chi connectivity index (χ1n) is 25.8. The number of ether oxygens (including phenoxy) is 5. The molecule has 3 N–H and O–H groups in total. The highest BCUT2D eigenvalue weighted by Gasteiger charge is 2.37. The number of aromatic amines is 2. The van der Waals surface area contributed by atoms with E-state index in [2.05, 4.69) is 20.2 Å². The molecule has 0 radical (unpaired) electrons. The Labute approximate surface area is 453 Å². The maximum atomic E-state index is 14.4. The first kappa shape index (κ1) is 55.0. The van der Waals surface area contributed by atoms with Crippen LogP contribution in [0.2, 0.25) is 0 Å². The first-order chi connectivity index (χ1) is 37.3. The molecule has 77 heavy (non-hydrogen) atoms. The van der Waals surface area contributed by atoms with E-state index >= 15 is 0 Å². The van der Waals surface area contributed by atoms with Gasteiger partial charge in [-0.15, -0.1) is 22.9 Å². The lowest BCUT2D eigenvalue weighted by Gasteiger charge is -2.31. The van der Waals surface area contributed by atoms with E-state index in [0.717, 1.165) is 72.1 Å². The number of aromatic nitrogens is 2. The van der Waals surface area contributed by atoms with Gasteiger partial charge in [-0.05, 0) is 78.0 Å². The molecule has 19 nitrogen and oxygen atoms in total. The van der Waals surface area contributed by atoms with Crippen molar-refractivity contribution < 1.29 is 57.2 Å². The number of carbonyl (C=O) groups is 7. The quantitative estimate of drug-likeness (QED) is 0.0234. The third-order valence-electron chi connectivity index (χ3n) is 13.8. The smallest absolute Gasteiger partial charge is 0.409 e. The standard InChI is InChI=1S/C56H62ClN7O12S/c1-35-34-77-54-48(76-56(71)62-15-13-61(2)14-16-62)31-46-53(52(35)54)40(32-57)33-64(46)55(70)45-30-39-26-37(4-6-43(39)60-45)28-47(66)44-29-38-25-36(3-5-42(38)59-44)27-41(65)10-17-72-19-21-74-23-24-75-22-20-73-18-11-58-49(67)9-12-63-50(68)7-8-51(63)69/h3-8,25-26,29-31,34,40,59-60H,9-24,27-28,32-33H2,1-2H3,(H,58,67)/t40-/m0/s1. The molecule has 9 rings (SSSR count). The van der Waals surface area contributed by atoms with E-state index in [1.54, 1.807) is 15.9 Å². The van der Waals surface area contributed by atoms with E-state index in [-0.39, 0.29) is 68.1 Å². The fourth-order valence-electron chi connectivity index (χ4n) is 9.70. The Morgan fingerprint density at radius 1 is 0.740 bits per heavy atom. The number of anilines is 1. The summed E-state index contributed by atoms with van der Waals surface area (Å²) in [6.07, 6.45) is 2.59. The summed E-state index contributed by atoms with van der Waals surface area (Å²) in [7, 11) is 2.03. The molecule has 0 aliphatic carbocycles. The molecule has 3 aliphatic heterocycles. The van der Waals surface area contributed by atoms with Crippen LogP contribution in [0, 0.1) is 6.92 Å². The zero-order valence-corrected chi connectivity index (χ0v) is 44.7. The number of aryl methyl sites for hydroxylation is 1. The Kier molecular flexibility index (Phi) is 18.3. The van der Waals surface area contributed by atoms with Gasteiger partial charge in [0, 0.05) is 129 Å². The summed E-state index contributed by atoms with van der Waals surface area (Å²) in [5.74, 6) is -0.811. The Hall–Kier alpha value is -6.78. The second-order valence-corrected chi connectivity index (χ2v) is 20.5. The number of alkyl halides is 1. The normalized spacial score (nSPS) is 15.7. The van der Waals surface area contributed by atoms with Crippen LogP contribution in [-0.4, -0.2) is 178 Å². The Bertz CT molecular complexity index is 3190. The Morgan fingerprint density at radius 3 is 2.01 bits per heavy atom. The summed E-state index contributed by atoms with van der Waals surface area (Å²) in [5.41, 5.74) is 6.68. The van der Waals surface area contributed by atoms with Crippen LogP contribution in [0.25, 0.3) is 31.9 Å². The molecule has 3 aromatic carbocycles. The molecule has 6 aromatic rings. The zero-order chi connectivity index (χ0) is 54.0. The molecule has 3 aromatic heterocycles. The van der Waals surface area contributed by atoms with Crippen molar-refractivity contribution in [3.05, 3.63) is 106 Å². The highest BCUT2D eigenvalue weighted by atomic mass is 35.5. The van der Waals surface area contributed by atoms with Crippen molar-refractivity contribution in [2.75, 3.05) is 116 Å². The van der Waals surface area contributed by atoms with Crippen molar-refractivity contribution in [3.63, 3.8) is 0 Å². The molecule has 6 heterocycles. The van der Waals surface area contributed by atoms with Crippen molar-refractivity contribution in [1.29, 1.82) is 0 Å². The molecule has 3 aliphatic rings.